The molecule has 7 nitrogen and oxygen atoms in total. The highest BCUT2D eigenvalue weighted by Gasteiger charge is 2.17. The van der Waals surface area contributed by atoms with Gasteiger partial charge in [0.05, 0.1) is 23.9 Å². The number of benzene rings is 3. The van der Waals surface area contributed by atoms with Crippen molar-refractivity contribution >= 4 is 45.6 Å². The fourth-order valence-corrected chi connectivity index (χ4v) is 3.86. The Balaban J connectivity index is 1.77. The quantitative estimate of drug-likeness (QED) is 0.262. The average Bonchev–Trinajstić information content (AvgIpc) is 2.84. The van der Waals surface area contributed by atoms with Crippen molar-refractivity contribution < 1.29 is 19.4 Å². The number of aromatic hydroxyl groups is 1. The third-order valence-corrected chi connectivity index (χ3v) is 5.76. The maximum absolute atomic E-state index is 13.4. The number of methoxy groups -OCH3 is 1. The van der Waals surface area contributed by atoms with Crippen molar-refractivity contribution in [2.24, 2.45) is 0 Å². The van der Waals surface area contributed by atoms with Gasteiger partial charge < -0.3 is 15.2 Å². The van der Waals surface area contributed by atoms with Crippen LogP contribution in [0.2, 0.25) is 0 Å². The van der Waals surface area contributed by atoms with E-state index in [0.717, 1.165) is 11.3 Å². The largest absolute Gasteiger partial charge is 0.504 e. The number of nitrogens with one attached hydrogen (secondary N) is 2. The summed E-state index contributed by atoms with van der Waals surface area (Å²) in [5.41, 5.74) is 4.20. The third kappa shape index (κ3) is 5.12. The van der Waals surface area contributed by atoms with Gasteiger partial charge in [-0.2, -0.15) is 0 Å². The highest BCUT2D eigenvalue weighted by atomic mass is 32.1. The van der Waals surface area contributed by atoms with Gasteiger partial charge in [-0.25, -0.2) is 4.98 Å². The van der Waals surface area contributed by atoms with Crippen molar-refractivity contribution in [3.8, 4) is 22.8 Å². The lowest BCUT2D eigenvalue weighted by atomic mass is 10.0. The molecule has 0 spiro atoms. The molecular formula is C27H23N3O4S. The Morgan fingerprint density at radius 3 is 2.51 bits per heavy atom. The summed E-state index contributed by atoms with van der Waals surface area (Å²) in [4.78, 5) is 30.0. The molecule has 0 aliphatic carbocycles. The number of rotatable bonds is 5. The molecular weight excluding hydrogens is 462 g/mol. The van der Waals surface area contributed by atoms with E-state index in [-0.39, 0.29) is 22.4 Å². The molecule has 0 unspecified atom stereocenters. The van der Waals surface area contributed by atoms with Crippen LogP contribution in [0.4, 0.5) is 5.69 Å². The molecule has 0 saturated carbocycles. The van der Waals surface area contributed by atoms with Gasteiger partial charge in [-0.1, -0.05) is 18.2 Å². The lowest BCUT2D eigenvalue weighted by molar-refractivity contribution is 0.0976. The number of nitrogens with zero attached hydrogens (tertiary/aromatic N) is 1. The number of pyridine rings is 1. The molecule has 0 aliphatic heterocycles. The number of thiocarbonyl (C=S) groups is 1. The standard InChI is InChI=1S/C27H23N3O4S/c1-15-6-4-5-7-21(15)29-27(35)30-26(33)20-14-23(18-9-11-24(32)25(13-18)34-3)28-22-10-8-17(16(2)31)12-19(20)22/h4-14,32H,1-3H3,(H2,29,30,33,35). The first kappa shape index (κ1) is 23.8. The first-order valence-corrected chi connectivity index (χ1v) is 11.2. The van der Waals surface area contributed by atoms with Crippen LogP contribution in [0.5, 0.6) is 11.5 Å². The Kier molecular flexibility index (Phi) is 6.75. The Bertz CT molecular complexity index is 1480. The van der Waals surface area contributed by atoms with Gasteiger partial charge in [-0.05, 0) is 80.2 Å². The summed E-state index contributed by atoms with van der Waals surface area (Å²) in [5.74, 6) is -0.293. The first-order valence-electron chi connectivity index (χ1n) is 10.8. The molecule has 176 valence electrons. The maximum atomic E-state index is 13.4. The minimum atomic E-state index is -0.448. The van der Waals surface area contributed by atoms with Crippen LogP contribution >= 0.6 is 12.2 Å². The SMILES string of the molecule is COc1cc(-c2cc(C(=O)NC(=S)Nc3ccccc3C)c3cc(C(C)=O)ccc3n2)ccc1O. The molecule has 0 atom stereocenters. The molecule has 0 radical (unpaired) electrons. The number of carbonyl (C=O) groups excluding carboxylic acids is 2. The van der Waals surface area contributed by atoms with Crippen LogP contribution in [0.15, 0.2) is 66.7 Å². The molecule has 0 aliphatic rings. The van der Waals surface area contributed by atoms with E-state index >= 15 is 0 Å². The van der Waals surface area contributed by atoms with E-state index in [0.29, 0.717) is 33.3 Å². The topological polar surface area (TPSA) is 101 Å². The van der Waals surface area contributed by atoms with Crippen molar-refractivity contribution in [1.82, 2.24) is 10.3 Å². The number of ether oxygens (including phenoxy) is 1. The second-order valence-electron chi connectivity index (χ2n) is 7.95. The minimum Gasteiger partial charge on any atom is -0.504 e. The second kappa shape index (κ2) is 9.90. The number of aryl methyl sites for hydroxylation is 1. The number of para-hydroxylation sites is 1. The van der Waals surface area contributed by atoms with Crippen LogP contribution in [0, 0.1) is 6.92 Å². The zero-order valence-electron chi connectivity index (χ0n) is 19.4. The number of amides is 1. The van der Waals surface area contributed by atoms with Crippen molar-refractivity contribution in [3.63, 3.8) is 0 Å². The van der Waals surface area contributed by atoms with E-state index in [1.807, 2.05) is 31.2 Å². The lowest BCUT2D eigenvalue weighted by Gasteiger charge is -2.14. The molecule has 3 N–H and O–H groups in total. The highest BCUT2D eigenvalue weighted by molar-refractivity contribution is 7.80. The van der Waals surface area contributed by atoms with Crippen LogP contribution in [-0.4, -0.2) is 34.0 Å². The summed E-state index contributed by atoms with van der Waals surface area (Å²) < 4.78 is 5.21. The summed E-state index contributed by atoms with van der Waals surface area (Å²) in [5, 5.41) is 16.4. The van der Waals surface area contributed by atoms with Crippen LogP contribution in [0.1, 0.15) is 33.2 Å². The smallest absolute Gasteiger partial charge is 0.258 e. The van der Waals surface area contributed by atoms with Crippen molar-refractivity contribution in [2.75, 3.05) is 12.4 Å². The Morgan fingerprint density at radius 1 is 1.03 bits per heavy atom. The molecule has 35 heavy (non-hydrogen) atoms. The number of fused-ring (bicyclic) bond motifs is 1. The zero-order chi connectivity index (χ0) is 25.1. The van der Waals surface area contributed by atoms with Crippen molar-refractivity contribution in [2.45, 2.75) is 13.8 Å². The number of carbonyl (C=O) groups is 2. The van der Waals surface area contributed by atoms with Crippen LogP contribution < -0.4 is 15.4 Å². The Labute approximate surface area is 207 Å². The molecule has 1 amide bonds. The van der Waals surface area contributed by atoms with Gasteiger partial charge in [0, 0.05) is 22.2 Å². The summed E-state index contributed by atoms with van der Waals surface area (Å²) >= 11 is 5.38. The number of hydrogen-bond donors (Lipinski definition) is 3. The normalized spacial score (nSPS) is 10.6. The van der Waals surface area contributed by atoms with E-state index in [9.17, 15) is 14.7 Å². The maximum Gasteiger partial charge on any atom is 0.258 e. The third-order valence-electron chi connectivity index (χ3n) is 5.56. The monoisotopic (exact) mass is 485 g/mol. The second-order valence-corrected chi connectivity index (χ2v) is 8.36. The van der Waals surface area contributed by atoms with Gasteiger partial charge in [0.25, 0.3) is 5.91 Å². The van der Waals surface area contributed by atoms with Crippen LogP contribution in [0.3, 0.4) is 0 Å². The molecule has 1 heterocycles. The van der Waals surface area contributed by atoms with Gasteiger partial charge in [-0.3, -0.25) is 14.9 Å². The Hall–Kier alpha value is -4.30. The molecule has 0 fully saturated rings. The molecule has 3 aromatic carbocycles. The first-order chi connectivity index (χ1) is 16.8. The number of ketones is 1. The molecule has 8 heteroatoms. The van der Waals surface area contributed by atoms with E-state index in [2.05, 4.69) is 15.6 Å². The predicted molar refractivity (Wildman–Crippen MR) is 140 cm³/mol. The molecule has 0 bridgehead atoms. The van der Waals surface area contributed by atoms with Gasteiger partial charge in [0.2, 0.25) is 0 Å². The zero-order valence-corrected chi connectivity index (χ0v) is 20.2. The number of hydrogen-bond acceptors (Lipinski definition) is 6. The number of anilines is 1. The van der Waals surface area contributed by atoms with E-state index in [1.54, 1.807) is 36.4 Å². The number of Topliss-reactive ketones (excluding diaryl/α,β-unsaturated/α-hetero) is 1. The summed E-state index contributed by atoms with van der Waals surface area (Å²) in [6, 6.07) is 19.1. The van der Waals surface area contributed by atoms with E-state index < -0.39 is 5.91 Å². The van der Waals surface area contributed by atoms with Crippen molar-refractivity contribution in [1.29, 1.82) is 0 Å². The van der Waals surface area contributed by atoms with Gasteiger partial charge in [0.1, 0.15) is 0 Å². The minimum absolute atomic E-state index is 0.00580. The fourth-order valence-electron chi connectivity index (χ4n) is 3.65. The molecule has 4 rings (SSSR count). The molecule has 0 saturated heterocycles. The number of phenols is 1. The Morgan fingerprint density at radius 2 is 1.80 bits per heavy atom. The molecule has 1 aromatic heterocycles. The van der Waals surface area contributed by atoms with E-state index in [4.69, 9.17) is 17.0 Å². The van der Waals surface area contributed by atoms with Crippen molar-refractivity contribution in [3.05, 3.63) is 83.4 Å². The highest BCUT2D eigenvalue weighted by Crippen LogP contribution is 2.32. The average molecular weight is 486 g/mol. The summed E-state index contributed by atoms with van der Waals surface area (Å²) in [7, 11) is 1.46. The van der Waals surface area contributed by atoms with Crippen LogP contribution in [-0.2, 0) is 0 Å². The van der Waals surface area contributed by atoms with Gasteiger partial charge >= 0.3 is 0 Å². The van der Waals surface area contributed by atoms with Gasteiger partial charge in [-0.15, -0.1) is 0 Å². The van der Waals surface area contributed by atoms with Crippen LogP contribution in [0.25, 0.3) is 22.2 Å². The molecule has 4 aromatic rings. The van der Waals surface area contributed by atoms with E-state index in [1.165, 1.54) is 20.1 Å². The lowest BCUT2D eigenvalue weighted by Crippen LogP contribution is -2.34. The van der Waals surface area contributed by atoms with Gasteiger partial charge in [0.15, 0.2) is 22.4 Å². The predicted octanol–water partition coefficient (Wildman–Crippen LogP) is 5.25. The fraction of sp³-hybridized carbons (Fsp3) is 0.111. The summed E-state index contributed by atoms with van der Waals surface area (Å²) in [6.45, 7) is 3.40. The number of phenolic OH excluding ortho intramolecular Hbond substituents is 1. The number of aromatic nitrogens is 1. The summed E-state index contributed by atoms with van der Waals surface area (Å²) in [6.07, 6.45) is 0.